The van der Waals surface area contributed by atoms with Crippen molar-refractivity contribution < 1.29 is 0 Å². The molecule has 2 aromatic heterocycles. The smallest absolute Gasteiger partial charge is 0.185 e. The van der Waals surface area contributed by atoms with Gasteiger partial charge in [-0.3, -0.25) is 0 Å². The standard InChI is InChI=1S/C16H21N5S/c1-12-10-22-16(19-12)20-8-5-14(6-9-20)21(13-2-3-13)15-4-7-17-11-18-15/h4,7,10-11,13-14H,2-3,5-6,8-9H2,1H3. The summed E-state index contributed by atoms with van der Waals surface area (Å²) >= 11 is 1.76. The first-order chi connectivity index (χ1) is 10.8. The SMILES string of the molecule is Cc1csc(N2CCC(N(c3ccncn3)C3CC3)CC2)n1. The van der Waals surface area contributed by atoms with Crippen LogP contribution in [0.25, 0.3) is 0 Å². The van der Waals surface area contributed by atoms with Gasteiger partial charge < -0.3 is 9.80 Å². The minimum absolute atomic E-state index is 0.597. The number of nitrogens with zero attached hydrogens (tertiary/aromatic N) is 5. The first kappa shape index (κ1) is 13.9. The topological polar surface area (TPSA) is 45.2 Å². The number of hydrogen-bond acceptors (Lipinski definition) is 6. The van der Waals surface area contributed by atoms with Gasteiger partial charge in [-0.25, -0.2) is 15.0 Å². The Hall–Kier alpha value is -1.69. The van der Waals surface area contributed by atoms with Crippen LogP contribution in [-0.4, -0.2) is 40.1 Å². The van der Waals surface area contributed by atoms with E-state index in [9.17, 15) is 0 Å². The van der Waals surface area contributed by atoms with Crippen molar-refractivity contribution in [2.45, 2.75) is 44.7 Å². The highest BCUT2D eigenvalue weighted by Gasteiger charge is 2.36. The maximum atomic E-state index is 4.62. The van der Waals surface area contributed by atoms with Gasteiger partial charge in [-0.05, 0) is 38.7 Å². The predicted molar refractivity (Wildman–Crippen MR) is 89.6 cm³/mol. The number of aryl methyl sites for hydroxylation is 1. The Bertz CT molecular complexity index is 616. The molecule has 3 heterocycles. The molecule has 0 spiro atoms. The predicted octanol–water partition coefficient (Wildman–Crippen LogP) is 2.88. The third-order valence-corrected chi connectivity index (χ3v) is 5.53. The van der Waals surface area contributed by atoms with Crippen molar-refractivity contribution in [1.82, 2.24) is 15.0 Å². The van der Waals surface area contributed by atoms with Crippen LogP contribution in [0, 0.1) is 6.92 Å². The lowest BCUT2D eigenvalue weighted by Crippen LogP contribution is -2.46. The highest BCUT2D eigenvalue weighted by Crippen LogP contribution is 2.35. The Morgan fingerprint density at radius 3 is 2.55 bits per heavy atom. The van der Waals surface area contributed by atoms with E-state index in [1.807, 2.05) is 6.20 Å². The zero-order chi connectivity index (χ0) is 14.9. The van der Waals surface area contributed by atoms with Crippen molar-refractivity contribution in [2.75, 3.05) is 22.9 Å². The molecule has 6 heteroatoms. The van der Waals surface area contributed by atoms with E-state index in [1.54, 1.807) is 17.7 Å². The van der Waals surface area contributed by atoms with E-state index in [-0.39, 0.29) is 0 Å². The zero-order valence-corrected chi connectivity index (χ0v) is 13.7. The van der Waals surface area contributed by atoms with Gasteiger partial charge in [0.25, 0.3) is 0 Å². The molecule has 0 aromatic carbocycles. The van der Waals surface area contributed by atoms with Crippen molar-refractivity contribution in [3.8, 4) is 0 Å². The van der Waals surface area contributed by atoms with Crippen LogP contribution < -0.4 is 9.80 Å². The van der Waals surface area contributed by atoms with Crippen molar-refractivity contribution in [2.24, 2.45) is 0 Å². The van der Waals surface area contributed by atoms with Gasteiger partial charge in [0.2, 0.25) is 0 Å². The maximum Gasteiger partial charge on any atom is 0.185 e. The van der Waals surface area contributed by atoms with Gasteiger partial charge in [0.15, 0.2) is 5.13 Å². The summed E-state index contributed by atoms with van der Waals surface area (Å²) in [7, 11) is 0. The fraction of sp³-hybridized carbons (Fsp3) is 0.562. The minimum atomic E-state index is 0.597. The molecule has 5 nitrogen and oxygen atoms in total. The number of aromatic nitrogens is 3. The van der Waals surface area contributed by atoms with E-state index >= 15 is 0 Å². The first-order valence-corrected chi connectivity index (χ1v) is 8.90. The van der Waals surface area contributed by atoms with Crippen LogP contribution in [0.15, 0.2) is 24.0 Å². The Kier molecular flexibility index (Phi) is 3.70. The number of rotatable bonds is 4. The van der Waals surface area contributed by atoms with Crippen LogP contribution >= 0.6 is 11.3 Å². The Morgan fingerprint density at radius 1 is 1.18 bits per heavy atom. The second-order valence-corrected chi connectivity index (χ2v) is 7.03. The van der Waals surface area contributed by atoms with Crippen LogP contribution in [0.4, 0.5) is 10.9 Å². The summed E-state index contributed by atoms with van der Waals surface area (Å²) in [6.07, 6.45) is 8.48. The third kappa shape index (κ3) is 2.79. The van der Waals surface area contributed by atoms with Gasteiger partial charge in [-0.1, -0.05) is 0 Å². The minimum Gasteiger partial charge on any atom is -0.350 e. The molecule has 0 amide bonds. The molecule has 2 aromatic rings. The van der Waals surface area contributed by atoms with Gasteiger partial charge >= 0.3 is 0 Å². The van der Waals surface area contributed by atoms with Crippen molar-refractivity contribution in [3.05, 3.63) is 29.7 Å². The summed E-state index contributed by atoms with van der Waals surface area (Å²) < 4.78 is 0. The number of piperidine rings is 1. The van der Waals surface area contributed by atoms with Crippen molar-refractivity contribution in [1.29, 1.82) is 0 Å². The monoisotopic (exact) mass is 315 g/mol. The van der Waals surface area contributed by atoms with Gasteiger partial charge in [0.1, 0.15) is 12.1 Å². The number of hydrogen-bond donors (Lipinski definition) is 0. The van der Waals surface area contributed by atoms with Gasteiger partial charge in [0.05, 0.1) is 5.69 Å². The lowest BCUT2D eigenvalue weighted by molar-refractivity contribution is 0.459. The summed E-state index contributed by atoms with van der Waals surface area (Å²) in [5.74, 6) is 1.10. The second kappa shape index (κ2) is 5.83. The molecule has 4 rings (SSSR count). The van der Waals surface area contributed by atoms with E-state index in [0.717, 1.165) is 24.6 Å². The molecule has 0 radical (unpaired) electrons. The molecular weight excluding hydrogens is 294 g/mol. The van der Waals surface area contributed by atoms with Crippen LogP contribution in [0.1, 0.15) is 31.4 Å². The summed E-state index contributed by atoms with van der Waals surface area (Å²) in [6.45, 7) is 4.24. The lowest BCUT2D eigenvalue weighted by Gasteiger charge is -2.39. The summed E-state index contributed by atoms with van der Waals surface area (Å²) in [6, 6.07) is 3.34. The van der Waals surface area contributed by atoms with Crippen LogP contribution in [0.3, 0.4) is 0 Å². The van der Waals surface area contributed by atoms with Crippen molar-refractivity contribution >= 4 is 22.3 Å². The van der Waals surface area contributed by atoms with Gasteiger partial charge in [-0.2, -0.15) is 0 Å². The van der Waals surface area contributed by atoms with Crippen LogP contribution in [0.2, 0.25) is 0 Å². The van der Waals surface area contributed by atoms with E-state index in [1.165, 1.54) is 30.8 Å². The summed E-state index contributed by atoms with van der Waals surface area (Å²) in [5.41, 5.74) is 1.13. The molecule has 1 aliphatic carbocycles. The molecule has 0 bridgehead atoms. The molecule has 0 unspecified atom stereocenters. The summed E-state index contributed by atoms with van der Waals surface area (Å²) in [5, 5.41) is 3.31. The molecule has 22 heavy (non-hydrogen) atoms. The Morgan fingerprint density at radius 2 is 1.95 bits per heavy atom. The number of anilines is 2. The van der Waals surface area contributed by atoms with E-state index in [0.29, 0.717) is 12.1 Å². The molecule has 116 valence electrons. The maximum absolute atomic E-state index is 4.62. The summed E-state index contributed by atoms with van der Waals surface area (Å²) in [4.78, 5) is 18.1. The Labute approximate surface area is 135 Å². The van der Waals surface area contributed by atoms with E-state index in [4.69, 9.17) is 0 Å². The van der Waals surface area contributed by atoms with Gasteiger partial charge in [0, 0.05) is 36.8 Å². The van der Waals surface area contributed by atoms with E-state index < -0.39 is 0 Å². The highest BCUT2D eigenvalue weighted by molar-refractivity contribution is 7.13. The second-order valence-electron chi connectivity index (χ2n) is 6.20. The molecule has 0 atom stereocenters. The molecule has 2 fully saturated rings. The highest BCUT2D eigenvalue weighted by atomic mass is 32.1. The Balaban J connectivity index is 1.45. The van der Waals surface area contributed by atoms with Crippen LogP contribution in [-0.2, 0) is 0 Å². The number of thiazole rings is 1. The molecule has 0 N–H and O–H groups in total. The van der Waals surface area contributed by atoms with E-state index in [2.05, 4.69) is 43.1 Å². The van der Waals surface area contributed by atoms with Crippen LogP contribution in [0.5, 0.6) is 0 Å². The molecule has 1 saturated heterocycles. The first-order valence-electron chi connectivity index (χ1n) is 8.02. The fourth-order valence-corrected chi connectivity index (χ4v) is 4.14. The normalized spacial score (nSPS) is 19.4. The molecule has 1 aliphatic heterocycles. The average molecular weight is 315 g/mol. The molecule has 1 saturated carbocycles. The zero-order valence-electron chi connectivity index (χ0n) is 12.9. The lowest BCUT2D eigenvalue weighted by atomic mass is 10.0. The third-order valence-electron chi connectivity index (χ3n) is 4.51. The largest absolute Gasteiger partial charge is 0.350 e. The quantitative estimate of drug-likeness (QED) is 0.868. The average Bonchev–Trinajstić information content (AvgIpc) is 3.29. The fourth-order valence-electron chi connectivity index (χ4n) is 3.28. The molecule has 2 aliphatic rings. The van der Waals surface area contributed by atoms with Crippen molar-refractivity contribution in [3.63, 3.8) is 0 Å². The van der Waals surface area contributed by atoms with Gasteiger partial charge in [-0.15, -0.1) is 11.3 Å². The molecular formula is C16H21N5S.